The summed E-state index contributed by atoms with van der Waals surface area (Å²) in [5, 5.41) is 6.61. The minimum absolute atomic E-state index is 0.121. The predicted octanol–water partition coefficient (Wildman–Crippen LogP) is 2.79. The van der Waals surface area contributed by atoms with Gasteiger partial charge in [0.15, 0.2) is 0 Å². The van der Waals surface area contributed by atoms with E-state index < -0.39 is 0 Å². The molecule has 5 heteroatoms. The van der Waals surface area contributed by atoms with Crippen molar-refractivity contribution in [1.82, 2.24) is 19.9 Å². The van der Waals surface area contributed by atoms with Crippen LogP contribution >= 0.6 is 11.3 Å². The lowest BCUT2D eigenvalue weighted by molar-refractivity contribution is 0.568. The third-order valence-electron chi connectivity index (χ3n) is 2.96. The smallest absolute Gasteiger partial charge is 0.123 e. The summed E-state index contributed by atoms with van der Waals surface area (Å²) in [5.74, 6) is 1.06. The SMILES string of the molecule is CCNCc1nccn1Cc1nc(C(C)(C)C)cs1. The molecule has 4 nitrogen and oxygen atoms in total. The van der Waals surface area contributed by atoms with Crippen molar-refractivity contribution in [2.75, 3.05) is 6.54 Å². The summed E-state index contributed by atoms with van der Waals surface area (Å²) in [4.78, 5) is 9.11. The van der Waals surface area contributed by atoms with Crippen LogP contribution in [-0.4, -0.2) is 21.1 Å². The van der Waals surface area contributed by atoms with Gasteiger partial charge in [0, 0.05) is 23.2 Å². The number of nitrogens with one attached hydrogen (secondary N) is 1. The van der Waals surface area contributed by atoms with Crippen molar-refractivity contribution in [2.45, 2.75) is 46.2 Å². The molecule has 2 aromatic heterocycles. The molecule has 1 N–H and O–H groups in total. The van der Waals surface area contributed by atoms with Gasteiger partial charge in [-0.25, -0.2) is 9.97 Å². The zero-order valence-electron chi connectivity index (χ0n) is 12.1. The first kappa shape index (κ1) is 14.2. The molecule has 0 bridgehead atoms. The molecular formula is C14H22N4S. The summed E-state index contributed by atoms with van der Waals surface area (Å²) < 4.78 is 2.16. The number of imidazole rings is 1. The monoisotopic (exact) mass is 278 g/mol. The number of aromatic nitrogens is 3. The van der Waals surface area contributed by atoms with Crippen molar-refractivity contribution in [3.8, 4) is 0 Å². The van der Waals surface area contributed by atoms with E-state index in [2.05, 4.69) is 47.9 Å². The molecule has 2 heterocycles. The minimum atomic E-state index is 0.121. The summed E-state index contributed by atoms with van der Waals surface area (Å²) >= 11 is 1.73. The molecule has 0 saturated heterocycles. The molecule has 0 spiro atoms. The summed E-state index contributed by atoms with van der Waals surface area (Å²) in [6.45, 7) is 11.3. The van der Waals surface area contributed by atoms with E-state index in [1.54, 1.807) is 11.3 Å². The highest BCUT2D eigenvalue weighted by atomic mass is 32.1. The highest BCUT2D eigenvalue weighted by Gasteiger charge is 2.17. The van der Waals surface area contributed by atoms with Crippen LogP contribution in [0.15, 0.2) is 17.8 Å². The zero-order chi connectivity index (χ0) is 13.9. The van der Waals surface area contributed by atoms with Crippen molar-refractivity contribution in [2.24, 2.45) is 0 Å². The van der Waals surface area contributed by atoms with Crippen LogP contribution in [0.4, 0.5) is 0 Å². The van der Waals surface area contributed by atoms with E-state index in [1.165, 1.54) is 5.69 Å². The van der Waals surface area contributed by atoms with E-state index in [-0.39, 0.29) is 5.41 Å². The molecule has 0 aliphatic heterocycles. The van der Waals surface area contributed by atoms with Crippen molar-refractivity contribution < 1.29 is 0 Å². The number of hydrogen-bond acceptors (Lipinski definition) is 4. The fourth-order valence-corrected chi connectivity index (χ4v) is 2.78. The Morgan fingerprint density at radius 1 is 1.37 bits per heavy atom. The highest BCUT2D eigenvalue weighted by molar-refractivity contribution is 7.09. The molecule has 0 aromatic carbocycles. The van der Waals surface area contributed by atoms with Gasteiger partial charge in [-0.3, -0.25) is 0 Å². The number of nitrogens with zero attached hydrogens (tertiary/aromatic N) is 3. The van der Waals surface area contributed by atoms with Crippen LogP contribution in [0.5, 0.6) is 0 Å². The molecule has 0 unspecified atom stereocenters. The Morgan fingerprint density at radius 3 is 2.79 bits per heavy atom. The Bertz CT molecular complexity index is 522. The first-order valence-corrected chi connectivity index (χ1v) is 7.54. The van der Waals surface area contributed by atoms with Crippen LogP contribution in [0.1, 0.15) is 44.2 Å². The van der Waals surface area contributed by atoms with Gasteiger partial charge in [-0.15, -0.1) is 11.3 Å². The molecule has 0 aliphatic rings. The molecule has 0 fully saturated rings. The van der Waals surface area contributed by atoms with Crippen molar-refractivity contribution in [3.63, 3.8) is 0 Å². The Morgan fingerprint density at radius 2 is 2.16 bits per heavy atom. The maximum Gasteiger partial charge on any atom is 0.123 e. The van der Waals surface area contributed by atoms with Crippen molar-refractivity contribution in [1.29, 1.82) is 0 Å². The lowest BCUT2D eigenvalue weighted by Gasteiger charge is -2.14. The second-order valence-corrected chi connectivity index (χ2v) is 6.57. The Labute approximate surface area is 118 Å². The third kappa shape index (κ3) is 3.64. The van der Waals surface area contributed by atoms with Gasteiger partial charge in [0.2, 0.25) is 0 Å². The van der Waals surface area contributed by atoms with Gasteiger partial charge in [0.25, 0.3) is 0 Å². The zero-order valence-corrected chi connectivity index (χ0v) is 12.9. The van der Waals surface area contributed by atoms with Gasteiger partial charge < -0.3 is 9.88 Å². The highest BCUT2D eigenvalue weighted by Crippen LogP contribution is 2.24. The maximum atomic E-state index is 4.73. The summed E-state index contributed by atoms with van der Waals surface area (Å²) in [6.07, 6.45) is 3.87. The van der Waals surface area contributed by atoms with Crippen LogP contribution in [0.25, 0.3) is 0 Å². The first-order valence-electron chi connectivity index (χ1n) is 6.66. The predicted molar refractivity (Wildman–Crippen MR) is 79.5 cm³/mol. The van der Waals surface area contributed by atoms with E-state index in [0.717, 1.165) is 30.5 Å². The number of hydrogen-bond donors (Lipinski definition) is 1. The van der Waals surface area contributed by atoms with E-state index in [9.17, 15) is 0 Å². The fourth-order valence-electron chi connectivity index (χ4n) is 1.76. The largest absolute Gasteiger partial charge is 0.327 e. The lowest BCUT2D eigenvalue weighted by Crippen LogP contribution is -2.16. The molecule has 2 rings (SSSR count). The average molecular weight is 278 g/mol. The molecule has 19 heavy (non-hydrogen) atoms. The quantitative estimate of drug-likeness (QED) is 0.914. The molecule has 0 aliphatic carbocycles. The number of rotatable bonds is 5. The maximum absolute atomic E-state index is 4.73. The second kappa shape index (κ2) is 5.84. The van der Waals surface area contributed by atoms with Gasteiger partial charge >= 0.3 is 0 Å². The van der Waals surface area contributed by atoms with Gasteiger partial charge in [-0.2, -0.15) is 0 Å². The number of thiazole rings is 1. The normalized spacial score (nSPS) is 12.0. The summed E-state index contributed by atoms with van der Waals surface area (Å²) in [5.41, 5.74) is 1.29. The van der Waals surface area contributed by atoms with Crippen LogP contribution in [0, 0.1) is 0 Å². The van der Waals surface area contributed by atoms with Crippen LogP contribution in [-0.2, 0) is 18.5 Å². The second-order valence-electron chi connectivity index (χ2n) is 5.63. The average Bonchev–Trinajstić information content (AvgIpc) is 2.95. The van der Waals surface area contributed by atoms with E-state index in [1.807, 2.05) is 12.4 Å². The molecule has 0 radical (unpaired) electrons. The third-order valence-corrected chi connectivity index (χ3v) is 3.79. The molecule has 0 saturated carbocycles. The molecule has 104 valence electrons. The van der Waals surface area contributed by atoms with Gasteiger partial charge in [-0.05, 0) is 6.54 Å². The van der Waals surface area contributed by atoms with Crippen molar-refractivity contribution in [3.05, 3.63) is 34.3 Å². The summed E-state index contributed by atoms with van der Waals surface area (Å²) in [7, 11) is 0. The van der Waals surface area contributed by atoms with E-state index >= 15 is 0 Å². The van der Waals surface area contributed by atoms with E-state index in [0.29, 0.717) is 0 Å². The minimum Gasteiger partial charge on any atom is -0.327 e. The fraction of sp³-hybridized carbons (Fsp3) is 0.571. The topological polar surface area (TPSA) is 42.7 Å². The van der Waals surface area contributed by atoms with Gasteiger partial charge in [0.1, 0.15) is 10.8 Å². The van der Waals surface area contributed by atoms with Gasteiger partial charge in [0.05, 0.1) is 18.8 Å². The summed E-state index contributed by atoms with van der Waals surface area (Å²) in [6, 6.07) is 0. The lowest BCUT2D eigenvalue weighted by atomic mass is 9.93. The van der Waals surface area contributed by atoms with Crippen LogP contribution < -0.4 is 5.32 Å². The van der Waals surface area contributed by atoms with Crippen LogP contribution in [0.2, 0.25) is 0 Å². The first-order chi connectivity index (χ1) is 9.00. The Hall–Kier alpha value is -1.20. The molecule has 2 aromatic rings. The Balaban J connectivity index is 2.09. The van der Waals surface area contributed by atoms with Crippen LogP contribution in [0.3, 0.4) is 0 Å². The molecule has 0 atom stereocenters. The Kier molecular flexibility index (Phi) is 4.37. The standard InChI is InChI=1S/C14H22N4S/c1-5-15-8-12-16-6-7-18(12)9-13-17-11(10-19-13)14(2,3)4/h6-7,10,15H,5,8-9H2,1-4H3. The molecular weight excluding hydrogens is 256 g/mol. The van der Waals surface area contributed by atoms with E-state index in [4.69, 9.17) is 4.98 Å². The molecule has 0 amide bonds. The van der Waals surface area contributed by atoms with Gasteiger partial charge in [-0.1, -0.05) is 27.7 Å². The van der Waals surface area contributed by atoms with Crippen molar-refractivity contribution >= 4 is 11.3 Å².